The van der Waals surface area contributed by atoms with E-state index < -0.39 is 10.0 Å². The van der Waals surface area contributed by atoms with E-state index in [1.807, 2.05) is 6.92 Å². The van der Waals surface area contributed by atoms with Crippen molar-refractivity contribution in [1.29, 1.82) is 0 Å². The summed E-state index contributed by atoms with van der Waals surface area (Å²) >= 11 is 0. The Bertz CT molecular complexity index is 834. The summed E-state index contributed by atoms with van der Waals surface area (Å²) in [5.41, 5.74) is 2.51. The number of carbonyl (C=O) groups is 1. The van der Waals surface area contributed by atoms with Crippen LogP contribution in [-0.2, 0) is 14.8 Å². The molecule has 2 N–H and O–H groups in total. The third kappa shape index (κ3) is 7.22. The lowest BCUT2D eigenvalue weighted by Gasteiger charge is -2.32. The summed E-state index contributed by atoms with van der Waals surface area (Å²) in [6.45, 7) is 5.07. The van der Waals surface area contributed by atoms with E-state index >= 15 is 0 Å². The molecule has 1 aromatic carbocycles. The van der Waals surface area contributed by atoms with E-state index in [1.54, 1.807) is 24.3 Å². The van der Waals surface area contributed by atoms with Crippen molar-refractivity contribution in [2.45, 2.75) is 56.8 Å². The lowest BCUT2D eigenvalue weighted by molar-refractivity contribution is -0.122. The molecule has 0 radical (unpaired) electrons. The summed E-state index contributed by atoms with van der Waals surface area (Å²) in [6, 6.07) is 6.89. The number of hydrogen-bond acceptors (Lipinski definition) is 4. The molecule has 166 valence electrons. The van der Waals surface area contributed by atoms with Crippen molar-refractivity contribution in [1.82, 2.24) is 14.9 Å². The molecule has 2 aliphatic rings. The molecule has 1 saturated heterocycles. The van der Waals surface area contributed by atoms with Crippen molar-refractivity contribution in [3.63, 3.8) is 0 Å². The van der Waals surface area contributed by atoms with Crippen LogP contribution in [0, 0.1) is 12.8 Å². The number of allylic oxidation sites excluding steroid dienone is 1. The predicted octanol–water partition coefficient (Wildman–Crippen LogP) is 2.99. The Morgan fingerprint density at radius 1 is 1.17 bits per heavy atom. The molecule has 7 heteroatoms. The molecule has 1 aliphatic carbocycles. The van der Waals surface area contributed by atoms with E-state index in [-0.39, 0.29) is 11.8 Å². The van der Waals surface area contributed by atoms with Gasteiger partial charge in [0.25, 0.3) is 0 Å². The molecule has 1 aliphatic heterocycles. The van der Waals surface area contributed by atoms with Crippen molar-refractivity contribution in [2.75, 3.05) is 32.7 Å². The van der Waals surface area contributed by atoms with E-state index in [0.717, 1.165) is 37.9 Å². The Balaban J connectivity index is 1.39. The van der Waals surface area contributed by atoms with Gasteiger partial charge >= 0.3 is 0 Å². The number of aryl methyl sites for hydroxylation is 1. The van der Waals surface area contributed by atoms with Gasteiger partial charge in [-0.1, -0.05) is 29.3 Å². The molecule has 1 amide bonds. The van der Waals surface area contributed by atoms with Gasteiger partial charge in [-0.05, 0) is 76.5 Å². The Labute approximate surface area is 181 Å². The summed E-state index contributed by atoms with van der Waals surface area (Å²) in [7, 11) is -3.49. The zero-order valence-corrected chi connectivity index (χ0v) is 18.8. The zero-order valence-electron chi connectivity index (χ0n) is 18.0. The second kappa shape index (κ2) is 11.1. The standard InChI is InChI=1S/C23H35N3O3S/c1-19-9-11-22(12-10-19)30(28,29)25-16-21-8-5-15-26(17-21)18-23(27)24-14-13-20-6-3-2-4-7-20/h6,9-12,21,25H,2-5,7-8,13-18H2,1H3,(H,24,27). The van der Waals surface area contributed by atoms with Crippen LogP contribution in [0.5, 0.6) is 0 Å². The van der Waals surface area contributed by atoms with E-state index in [2.05, 4.69) is 21.0 Å². The quantitative estimate of drug-likeness (QED) is 0.587. The summed E-state index contributed by atoms with van der Waals surface area (Å²) in [4.78, 5) is 14.7. The Morgan fingerprint density at radius 2 is 1.97 bits per heavy atom. The van der Waals surface area contributed by atoms with Gasteiger partial charge in [-0.25, -0.2) is 13.1 Å². The smallest absolute Gasteiger partial charge is 0.240 e. The minimum absolute atomic E-state index is 0.0623. The van der Waals surface area contributed by atoms with E-state index in [4.69, 9.17) is 0 Å². The molecule has 0 aromatic heterocycles. The summed E-state index contributed by atoms with van der Waals surface area (Å²) in [5.74, 6) is 0.284. The van der Waals surface area contributed by atoms with Crippen LogP contribution in [0.4, 0.5) is 0 Å². The van der Waals surface area contributed by atoms with Gasteiger partial charge < -0.3 is 5.32 Å². The second-order valence-corrected chi connectivity index (χ2v) is 10.4. The van der Waals surface area contributed by atoms with Crippen LogP contribution in [0.2, 0.25) is 0 Å². The largest absolute Gasteiger partial charge is 0.355 e. The van der Waals surface area contributed by atoms with Crippen LogP contribution in [0.25, 0.3) is 0 Å². The number of likely N-dealkylation sites (tertiary alicyclic amines) is 1. The second-order valence-electron chi connectivity index (χ2n) is 8.62. The normalized spacial score (nSPS) is 20.6. The molecule has 0 bridgehead atoms. The van der Waals surface area contributed by atoms with E-state index in [0.29, 0.717) is 24.5 Å². The highest BCUT2D eigenvalue weighted by molar-refractivity contribution is 7.89. The van der Waals surface area contributed by atoms with Gasteiger partial charge in [0, 0.05) is 19.6 Å². The summed E-state index contributed by atoms with van der Waals surface area (Å²) in [5, 5.41) is 3.04. The molecule has 1 unspecified atom stereocenters. The van der Waals surface area contributed by atoms with E-state index in [9.17, 15) is 13.2 Å². The van der Waals surface area contributed by atoms with Gasteiger partial charge in [-0.2, -0.15) is 0 Å². The van der Waals surface area contributed by atoms with Crippen molar-refractivity contribution in [3.05, 3.63) is 41.5 Å². The first-order valence-corrected chi connectivity index (χ1v) is 12.6. The maximum Gasteiger partial charge on any atom is 0.240 e. The number of piperidine rings is 1. The number of nitrogens with one attached hydrogen (secondary N) is 2. The monoisotopic (exact) mass is 433 g/mol. The topological polar surface area (TPSA) is 78.5 Å². The SMILES string of the molecule is Cc1ccc(S(=O)(=O)NCC2CCCN(CC(=O)NCCC3=CCCCC3)C2)cc1. The predicted molar refractivity (Wildman–Crippen MR) is 120 cm³/mol. The molecule has 1 heterocycles. The number of amides is 1. The highest BCUT2D eigenvalue weighted by Crippen LogP contribution is 2.20. The highest BCUT2D eigenvalue weighted by Gasteiger charge is 2.23. The highest BCUT2D eigenvalue weighted by atomic mass is 32.2. The van der Waals surface area contributed by atoms with Crippen LogP contribution in [0.15, 0.2) is 40.8 Å². The average molecular weight is 434 g/mol. The van der Waals surface area contributed by atoms with Gasteiger partial charge in [0.1, 0.15) is 0 Å². The number of nitrogens with zero attached hydrogens (tertiary/aromatic N) is 1. The first-order chi connectivity index (χ1) is 14.4. The number of rotatable bonds is 9. The third-order valence-corrected chi connectivity index (χ3v) is 7.46. The van der Waals surface area contributed by atoms with Gasteiger partial charge in [-0.3, -0.25) is 9.69 Å². The molecule has 3 rings (SSSR count). The van der Waals surface area contributed by atoms with Crippen LogP contribution in [0.3, 0.4) is 0 Å². The van der Waals surface area contributed by atoms with Crippen LogP contribution in [-0.4, -0.2) is 51.9 Å². The van der Waals surface area contributed by atoms with Crippen molar-refractivity contribution < 1.29 is 13.2 Å². The van der Waals surface area contributed by atoms with Crippen molar-refractivity contribution >= 4 is 15.9 Å². The lowest BCUT2D eigenvalue weighted by Crippen LogP contribution is -2.45. The Kier molecular flexibility index (Phi) is 8.48. The maximum absolute atomic E-state index is 12.5. The Morgan fingerprint density at radius 3 is 2.70 bits per heavy atom. The maximum atomic E-state index is 12.5. The van der Waals surface area contributed by atoms with Crippen molar-refractivity contribution in [3.8, 4) is 0 Å². The van der Waals surface area contributed by atoms with Gasteiger partial charge in [-0.15, -0.1) is 0 Å². The zero-order chi connectivity index (χ0) is 21.4. The molecule has 1 fully saturated rings. The Hall–Kier alpha value is -1.70. The number of benzene rings is 1. The fourth-order valence-electron chi connectivity index (χ4n) is 4.24. The molecule has 6 nitrogen and oxygen atoms in total. The van der Waals surface area contributed by atoms with Crippen LogP contribution < -0.4 is 10.0 Å². The number of carbonyl (C=O) groups excluding carboxylic acids is 1. The average Bonchev–Trinajstić information content (AvgIpc) is 2.74. The first kappa shape index (κ1) is 23.0. The molecule has 1 atom stereocenters. The first-order valence-electron chi connectivity index (χ1n) is 11.2. The number of hydrogen-bond donors (Lipinski definition) is 2. The van der Waals surface area contributed by atoms with Crippen LogP contribution >= 0.6 is 0 Å². The molecular formula is C23H35N3O3S. The fraction of sp³-hybridized carbons (Fsp3) is 0.609. The minimum Gasteiger partial charge on any atom is -0.355 e. The molecular weight excluding hydrogens is 398 g/mol. The van der Waals surface area contributed by atoms with Crippen LogP contribution in [0.1, 0.15) is 50.5 Å². The summed E-state index contributed by atoms with van der Waals surface area (Å²) < 4.78 is 27.7. The lowest BCUT2D eigenvalue weighted by atomic mass is 9.97. The van der Waals surface area contributed by atoms with Gasteiger partial charge in [0.2, 0.25) is 15.9 Å². The molecule has 1 aromatic rings. The minimum atomic E-state index is -3.49. The third-order valence-electron chi connectivity index (χ3n) is 6.02. The van der Waals surface area contributed by atoms with E-state index in [1.165, 1.54) is 31.3 Å². The van der Waals surface area contributed by atoms with Crippen molar-refractivity contribution in [2.24, 2.45) is 5.92 Å². The fourth-order valence-corrected chi connectivity index (χ4v) is 5.36. The molecule has 0 spiro atoms. The summed E-state index contributed by atoms with van der Waals surface area (Å²) in [6.07, 6.45) is 10.1. The van der Waals surface area contributed by atoms with Gasteiger partial charge in [0.15, 0.2) is 0 Å². The van der Waals surface area contributed by atoms with Gasteiger partial charge in [0.05, 0.1) is 11.4 Å². The molecule has 30 heavy (non-hydrogen) atoms. The number of sulfonamides is 1. The molecule has 0 saturated carbocycles.